The molecule has 2 aromatic carbocycles. The van der Waals surface area contributed by atoms with Gasteiger partial charge in [0.1, 0.15) is 23.8 Å². The fourth-order valence-corrected chi connectivity index (χ4v) is 4.03. The van der Waals surface area contributed by atoms with Crippen molar-refractivity contribution in [2.45, 2.75) is 6.92 Å². The van der Waals surface area contributed by atoms with E-state index >= 15 is 0 Å². The molecule has 5 aromatic rings. The van der Waals surface area contributed by atoms with Crippen LogP contribution >= 0.6 is 11.3 Å². The third-order valence-electron chi connectivity index (χ3n) is 4.74. The summed E-state index contributed by atoms with van der Waals surface area (Å²) in [6.07, 6.45) is 3.22. The van der Waals surface area contributed by atoms with Crippen molar-refractivity contribution >= 4 is 56.3 Å². The van der Waals surface area contributed by atoms with Gasteiger partial charge in [0.15, 0.2) is 5.01 Å². The van der Waals surface area contributed by atoms with Gasteiger partial charge in [-0.3, -0.25) is 4.79 Å². The number of hydrogen-bond donors (Lipinski definition) is 3. The molecule has 0 aliphatic rings. The van der Waals surface area contributed by atoms with E-state index in [9.17, 15) is 4.79 Å². The molecule has 0 radical (unpaired) electrons. The summed E-state index contributed by atoms with van der Waals surface area (Å²) in [5.41, 5.74) is 3.44. The maximum atomic E-state index is 12.6. The second-order valence-corrected chi connectivity index (χ2v) is 8.31. The molecule has 162 valence electrons. The number of aryl methyl sites for hydroxylation is 1. The van der Waals surface area contributed by atoms with E-state index in [2.05, 4.69) is 35.9 Å². The van der Waals surface area contributed by atoms with Gasteiger partial charge in [-0.1, -0.05) is 12.1 Å². The van der Waals surface area contributed by atoms with Crippen molar-refractivity contribution in [3.05, 3.63) is 89.8 Å². The van der Waals surface area contributed by atoms with Gasteiger partial charge in [-0.2, -0.15) is 0 Å². The van der Waals surface area contributed by atoms with E-state index in [1.165, 1.54) is 17.7 Å². The van der Waals surface area contributed by atoms with Crippen molar-refractivity contribution in [1.82, 2.24) is 19.9 Å². The standard InChI is InChI=1S/C24H19N7OS/c1-15-10-11-25-20(12-15)31-22-13-21(26-14-27-22)28-16-6-8-17(9-7-16)29-23(32)24-30-18-4-2-3-5-19(18)33-24/h2-14H,1H3,(H,29,32)(H2,25,26,27,28,31). The van der Waals surface area contributed by atoms with Crippen molar-refractivity contribution in [3.63, 3.8) is 0 Å². The Morgan fingerprint density at radius 1 is 0.818 bits per heavy atom. The largest absolute Gasteiger partial charge is 0.340 e. The Hall–Kier alpha value is -4.37. The van der Waals surface area contributed by atoms with Crippen LogP contribution in [-0.4, -0.2) is 25.8 Å². The molecule has 0 atom stereocenters. The molecule has 5 rings (SSSR count). The van der Waals surface area contributed by atoms with Crippen LogP contribution in [0.2, 0.25) is 0 Å². The monoisotopic (exact) mass is 453 g/mol. The number of rotatable bonds is 6. The molecule has 0 bridgehead atoms. The lowest BCUT2D eigenvalue weighted by Gasteiger charge is -2.09. The molecule has 3 heterocycles. The van der Waals surface area contributed by atoms with E-state index in [0.29, 0.717) is 28.1 Å². The van der Waals surface area contributed by atoms with Gasteiger partial charge in [0.05, 0.1) is 10.2 Å². The number of carbonyl (C=O) groups is 1. The first-order chi connectivity index (χ1) is 16.1. The van der Waals surface area contributed by atoms with Crippen molar-refractivity contribution in [2.24, 2.45) is 0 Å². The molecule has 3 N–H and O–H groups in total. The highest BCUT2D eigenvalue weighted by Crippen LogP contribution is 2.24. The number of carbonyl (C=O) groups excluding carboxylic acids is 1. The number of pyridine rings is 1. The second-order valence-electron chi connectivity index (χ2n) is 7.28. The third-order valence-corrected chi connectivity index (χ3v) is 5.78. The lowest BCUT2D eigenvalue weighted by Crippen LogP contribution is -2.11. The Kier molecular flexibility index (Phi) is 5.61. The average molecular weight is 454 g/mol. The topological polar surface area (TPSA) is 105 Å². The molecule has 0 aliphatic carbocycles. The molecule has 3 aromatic heterocycles. The minimum atomic E-state index is -0.229. The number of amides is 1. The summed E-state index contributed by atoms with van der Waals surface area (Å²) < 4.78 is 0.985. The molecule has 0 spiro atoms. The zero-order chi connectivity index (χ0) is 22.6. The van der Waals surface area contributed by atoms with E-state index in [0.717, 1.165) is 21.5 Å². The van der Waals surface area contributed by atoms with Gasteiger partial charge >= 0.3 is 0 Å². The lowest BCUT2D eigenvalue weighted by atomic mass is 10.2. The van der Waals surface area contributed by atoms with E-state index in [-0.39, 0.29) is 5.91 Å². The van der Waals surface area contributed by atoms with E-state index in [4.69, 9.17) is 0 Å². The Morgan fingerprint density at radius 2 is 1.55 bits per heavy atom. The molecular weight excluding hydrogens is 434 g/mol. The second kappa shape index (κ2) is 9.01. The first-order valence-corrected chi connectivity index (χ1v) is 11.0. The van der Waals surface area contributed by atoms with Gasteiger partial charge in [-0.05, 0) is 61.0 Å². The minimum Gasteiger partial charge on any atom is -0.340 e. The maximum Gasteiger partial charge on any atom is 0.284 e. The van der Waals surface area contributed by atoms with Crippen molar-refractivity contribution in [2.75, 3.05) is 16.0 Å². The molecule has 0 unspecified atom stereocenters. The van der Waals surface area contributed by atoms with Crippen LogP contribution in [0.5, 0.6) is 0 Å². The number of benzene rings is 2. The SMILES string of the molecule is Cc1ccnc(Nc2cc(Nc3ccc(NC(=O)c4nc5ccccc5s4)cc3)ncn2)c1. The van der Waals surface area contributed by atoms with E-state index in [1.807, 2.05) is 67.6 Å². The molecular formula is C24H19N7OS. The van der Waals surface area contributed by atoms with Gasteiger partial charge in [0.25, 0.3) is 5.91 Å². The number of aromatic nitrogens is 4. The number of para-hydroxylation sites is 1. The number of nitrogens with one attached hydrogen (secondary N) is 3. The van der Waals surface area contributed by atoms with Crippen LogP contribution in [-0.2, 0) is 0 Å². The number of nitrogens with zero attached hydrogens (tertiary/aromatic N) is 4. The molecule has 8 nitrogen and oxygen atoms in total. The van der Waals surface area contributed by atoms with E-state index < -0.39 is 0 Å². The lowest BCUT2D eigenvalue weighted by molar-refractivity contribution is 0.102. The van der Waals surface area contributed by atoms with Crippen molar-refractivity contribution < 1.29 is 4.79 Å². The zero-order valence-electron chi connectivity index (χ0n) is 17.6. The van der Waals surface area contributed by atoms with Crippen molar-refractivity contribution in [3.8, 4) is 0 Å². The van der Waals surface area contributed by atoms with Crippen LogP contribution in [0.1, 0.15) is 15.4 Å². The Labute approximate surface area is 193 Å². The normalized spacial score (nSPS) is 10.7. The highest BCUT2D eigenvalue weighted by atomic mass is 32.1. The number of hydrogen-bond acceptors (Lipinski definition) is 8. The first-order valence-electron chi connectivity index (χ1n) is 10.2. The zero-order valence-corrected chi connectivity index (χ0v) is 18.4. The number of fused-ring (bicyclic) bond motifs is 1. The first kappa shape index (κ1) is 20.5. The molecule has 9 heteroatoms. The smallest absolute Gasteiger partial charge is 0.284 e. The summed E-state index contributed by atoms with van der Waals surface area (Å²) in [4.78, 5) is 29.7. The van der Waals surface area contributed by atoms with Crippen molar-refractivity contribution in [1.29, 1.82) is 0 Å². The van der Waals surface area contributed by atoms with Crippen LogP contribution in [0.15, 0.2) is 79.3 Å². The highest BCUT2D eigenvalue weighted by molar-refractivity contribution is 7.20. The van der Waals surface area contributed by atoms with Crippen LogP contribution in [0.3, 0.4) is 0 Å². The molecule has 0 fully saturated rings. The summed E-state index contributed by atoms with van der Waals surface area (Å²) in [6.45, 7) is 2.00. The predicted octanol–water partition coefficient (Wildman–Crippen LogP) is 5.53. The average Bonchev–Trinajstić information content (AvgIpc) is 3.25. The Morgan fingerprint density at radius 3 is 2.33 bits per heavy atom. The Balaban J connectivity index is 1.24. The van der Waals surface area contributed by atoms with Gasteiger partial charge in [0, 0.05) is 23.6 Å². The molecule has 0 saturated heterocycles. The summed E-state index contributed by atoms with van der Waals surface area (Å²) in [6, 6.07) is 20.7. The highest BCUT2D eigenvalue weighted by Gasteiger charge is 2.12. The quantitative estimate of drug-likeness (QED) is 0.310. The summed E-state index contributed by atoms with van der Waals surface area (Å²) in [5.74, 6) is 1.75. The molecule has 1 amide bonds. The van der Waals surface area contributed by atoms with Gasteiger partial charge in [-0.25, -0.2) is 19.9 Å². The molecule has 0 aliphatic heterocycles. The summed E-state index contributed by atoms with van der Waals surface area (Å²) >= 11 is 1.37. The Bertz CT molecular complexity index is 1400. The molecule has 0 saturated carbocycles. The van der Waals surface area contributed by atoms with Gasteiger partial charge in [0.2, 0.25) is 0 Å². The summed E-state index contributed by atoms with van der Waals surface area (Å²) in [7, 11) is 0. The van der Waals surface area contributed by atoms with Crippen LogP contribution in [0.25, 0.3) is 10.2 Å². The number of anilines is 5. The maximum absolute atomic E-state index is 12.6. The van der Waals surface area contributed by atoms with Crippen LogP contribution < -0.4 is 16.0 Å². The molecule has 33 heavy (non-hydrogen) atoms. The van der Waals surface area contributed by atoms with Gasteiger partial charge < -0.3 is 16.0 Å². The third kappa shape index (κ3) is 4.94. The van der Waals surface area contributed by atoms with Gasteiger partial charge in [-0.15, -0.1) is 11.3 Å². The number of thiazole rings is 1. The van der Waals surface area contributed by atoms with E-state index in [1.54, 1.807) is 12.3 Å². The summed E-state index contributed by atoms with van der Waals surface area (Å²) in [5, 5.41) is 9.73. The minimum absolute atomic E-state index is 0.229. The van der Waals surface area contributed by atoms with Crippen LogP contribution in [0, 0.1) is 6.92 Å². The predicted molar refractivity (Wildman–Crippen MR) is 132 cm³/mol. The van der Waals surface area contributed by atoms with Crippen LogP contribution in [0.4, 0.5) is 28.8 Å². The fourth-order valence-electron chi connectivity index (χ4n) is 3.17. The fraction of sp³-hybridized carbons (Fsp3) is 0.0417.